The number of aliphatic hydroxyl groups is 1. The fraction of sp³-hybridized carbons (Fsp3) is 1.00. The summed E-state index contributed by atoms with van der Waals surface area (Å²) in [4.78, 5) is 0. The van der Waals surface area contributed by atoms with Gasteiger partial charge in [-0.05, 0) is 27.7 Å². The van der Waals surface area contributed by atoms with Gasteiger partial charge in [0.25, 0.3) is 0 Å². The molecule has 3 heterocycles. The zero-order chi connectivity index (χ0) is 17.0. The Hall–Kier alpha value is -0.320. The molecule has 8 heteroatoms. The molecule has 3 aliphatic rings. The van der Waals surface area contributed by atoms with Gasteiger partial charge >= 0.3 is 0 Å². The topological polar surface area (TPSA) is 84.8 Å². The number of rotatable bonds is 2. The smallest absolute Gasteiger partial charge is 0.220 e. The van der Waals surface area contributed by atoms with Gasteiger partial charge in [-0.25, -0.2) is 0 Å². The largest absolute Gasteiger partial charge is 0.366 e. The van der Waals surface area contributed by atoms with E-state index in [4.69, 9.17) is 33.2 Å². The minimum Gasteiger partial charge on any atom is -0.366 e. The highest BCUT2D eigenvalue weighted by atomic mass is 16.8. The lowest BCUT2D eigenvalue weighted by atomic mass is 9.93. The lowest BCUT2D eigenvalue weighted by molar-refractivity contribution is -0.495. The van der Waals surface area contributed by atoms with E-state index < -0.39 is 48.1 Å². The third kappa shape index (κ3) is 2.71. The Balaban J connectivity index is 1.91. The maximum absolute atomic E-state index is 10.3. The number of fused-ring (bicyclic) bond motifs is 3. The van der Waals surface area contributed by atoms with Crippen molar-refractivity contribution >= 4 is 0 Å². The average molecular weight is 334 g/mol. The molecule has 0 aliphatic carbocycles. The number of hydrogen-bond donors (Lipinski definition) is 1. The second kappa shape index (κ2) is 5.60. The van der Waals surface area contributed by atoms with Gasteiger partial charge in [-0.15, -0.1) is 0 Å². The van der Waals surface area contributed by atoms with E-state index in [2.05, 4.69) is 0 Å². The molecule has 1 N–H and O–H groups in total. The van der Waals surface area contributed by atoms with E-state index in [-0.39, 0.29) is 0 Å². The molecular formula is C15H26O8. The van der Waals surface area contributed by atoms with Crippen LogP contribution in [-0.2, 0) is 33.2 Å². The van der Waals surface area contributed by atoms with E-state index >= 15 is 0 Å². The van der Waals surface area contributed by atoms with Crippen LogP contribution in [0.15, 0.2) is 0 Å². The van der Waals surface area contributed by atoms with Crippen molar-refractivity contribution in [2.75, 3.05) is 20.8 Å². The Labute approximate surface area is 135 Å². The third-order valence-corrected chi connectivity index (χ3v) is 4.95. The van der Waals surface area contributed by atoms with Gasteiger partial charge in [-0.3, -0.25) is 0 Å². The number of ether oxygens (including phenoxy) is 7. The van der Waals surface area contributed by atoms with Gasteiger partial charge in [0.1, 0.15) is 24.4 Å². The first-order valence-electron chi connectivity index (χ1n) is 7.76. The van der Waals surface area contributed by atoms with Crippen LogP contribution in [0.3, 0.4) is 0 Å². The molecule has 0 aromatic rings. The van der Waals surface area contributed by atoms with Crippen LogP contribution >= 0.6 is 0 Å². The second-order valence-corrected chi connectivity index (χ2v) is 6.82. The van der Waals surface area contributed by atoms with E-state index in [1.807, 2.05) is 13.8 Å². The van der Waals surface area contributed by atoms with Crippen molar-refractivity contribution in [2.45, 2.75) is 75.8 Å². The summed E-state index contributed by atoms with van der Waals surface area (Å²) >= 11 is 0. The van der Waals surface area contributed by atoms with Crippen LogP contribution in [0.5, 0.6) is 0 Å². The molecule has 0 spiro atoms. The minimum absolute atomic E-state index is 0.298. The predicted octanol–water partition coefficient (Wildman–Crippen LogP) is 0.364. The summed E-state index contributed by atoms with van der Waals surface area (Å²) in [6.45, 7) is 7.37. The number of aliphatic hydroxyl groups excluding tert-OH is 1. The Morgan fingerprint density at radius 1 is 0.870 bits per heavy atom. The van der Waals surface area contributed by atoms with Crippen molar-refractivity contribution in [2.24, 2.45) is 0 Å². The molecule has 1 unspecified atom stereocenters. The third-order valence-electron chi connectivity index (χ3n) is 4.95. The van der Waals surface area contributed by atoms with Gasteiger partial charge < -0.3 is 38.3 Å². The number of hydrogen-bond acceptors (Lipinski definition) is 8. The zero-order valence-electron chi connectivity index (χ0n) is 14.4. The molecule has 3 fully saturated rings. The molecule has 8 nitrogen and oxygen atoms in total. The monoisotopic (exact) mass is 334 g/mol. The minimum atomic E-state index is -1.21. The highest BCUT2D eigenvalue weighted by Crippen LogP contribution is 2.45. The van der Waals surface area contributed by atoms with Crippen molar-refractivity contribution < 1.29 is 38.3 Å². The molecule has 0 aromatic heterocycles. The Bertz CT molecular complexity index is 457. The van der Waals surface area contributed by atoms with Crippen LogP contribution in [0.4, 0.5) is 0 Å². The Morgan fingerprint density at radius 3 is 2.00 bits per heavy atom. The molecule has 3 aliphatic heterocycles. The summed E-state index contributed by atoms with van der Waals surface area (Å²) in [7, 11) is 3.01. The molecule has 3 saturated heterocycles. The van der Waals surface area contributed by atoms with E-state index in [1.54, 1.807) is 13.8 Å². The van der Waals surface area contributed by atoms with E-state index in [9.17, 15) is 5.11 Å². The quantitative estimate of drug-likeness (QED) is 0.775. The average Bonchev–Trinajstić information content (AvgIpc) is 2.50. The van der Waals surface area contributed by atoms with E-state index in [0.29, 0.717) is 6.61 Å². The maximum atomic E-state index is 10.3. The van der Waals surface area contributed by atoms with Crippen molar-refractivity contribution in [1.82, 2.24) is 0 Å². The summed E-state index contributed by atoms with van der Waals surface area (Å²) in [6, 6.07) is 0. The molecule has 0 saturated carbocycles. The highest BCUT2D eigenvalue weighted by Gasteiger charge is 2.63. The first-order valence-corrected chi connectivity index (χ1v) is 7.76. The lowest BCUT2D eigenvalue weighted by Gasteiger charge is -2.58. The van der Waals surface area contributed by atoms with Gasteiger partial charge in [-0.2, -0.15) is 0 Å². The van der Waals surface area contributed by atoms with Crippen LogP contribution < -0.4 is 0 Å². The Morgan fingerprint density at radius 2 is 1.43 bits per heavy atom. The predicted molar refractivity (Wildman–Crippen MR) is 76.4 cm³/mol. The van der Waals surface area contributed by atoms with Gasteiger partial charge in [0.15, 0.2) is 12.1 Å². The second-order valence-electron chi connectivity index (χ2n) is 6.82. The van der Waals surface area contributed by atoms with Gasteiger partial charge in [0.2, 0.25) is 11.6 Å². The first-order chi connectivity index (χ1) is 10.6. The van der Waals surface area contributed by atoms with E-state index in [0.717, 1.165) is 0 Å². The SMILES string of the molecule is CO[C@]1(C)O[C@H]2[C@@H]3OC(C)(C)OC[C@H]3OC(O)[C@@H]2O[C@@]1(C)OC. The van der Waals surface area contributed by atoms with Crippen LogP contribution in [0.2, 0.25) is 0 Å². The number of methoxy groups -OCH3 is 2. The highest BCUT2D eigenvalue weighted by molar-refractivity contribution is 5.01. The van der Waals surface area contributed by atoms with Gasteiger partial charge in [0.05, 0.1) is 6.61 Å². The van der Waals surface area contributed by atoms with Crippen LogP contribution in [0.25, 0.3) is 0 Å². The molecule has 0 aromatic carbocycles. The molecule has 0 radical (unpaired) electrons. The zero-order valence-corrected chi connectivity index (χ0v) is 14.4. The molecule has 7 atom stereocenters. The van der Waals surface area contributed by atoms with Crippen LogP contribution in [-0.4, -0.2) is 74.0 Å². The molecule has 0 bridgehead atoms. The summed E-state index contributed by atoms with van der Waals surface area (Å²) in [5.41, 5.74) is 0. The summed E-state index contributed by atoms with van der Waals surface area (Å²) < 4.78 is 40.3. The van der Waals surface area contributed by atoms with Crippen LogP contribution in [0.1, 0.15) is 27.7 Å². The molecule has 134 valence electrons. The van der Waals surface area contributed by atoms with Crippen LogP contribution in [0, 0.1) is 0 Å². The summed E-state index contributed by atoms with van der Waals surface area (Å²) in [5.74, 6) is -3.15. The Kier molecular flexibility index (Phi) is 4.26. The summed E-state index contributed by atoms with van der Waals surface area (Å²) in [6.07, 6.45) is -3.43. The standard InChI is InChI=1S/C15H26O8/c1-13(2)19-7-8-9(21-13)10-11(12(16)20-8)23-15(4,18-6)14(3,17-5)22-10/h8-12,16H,7H2,1-6H3/t8-,9-,10+,11-,12?,14-,15-/m1/s1. The maximum Gasteiger partial charge on any atom is 0.220 e. The van der Waals surface area contributed by atoms with Crippen molar-refractivity contribution in [3.8, 4) is 0 Å². The van der Waals surface area contributed by atoms with Crippen molar-refractivity contribution in [3.05, 3.63) is 0 Å². The van der Waals surface area contributed by atoms with Crippen molar-refractivity contribution in [1.29, 1.82) is 0 Å². The fourth-order valence-corrected chi connectivity index (χ4v) is 3.28. The van der Waals surface area contributed by atoms with Gasteiger partial charge in [0, 0.05) is 14.2 Å². The molecule has 0 amide bonds. The van der Waals surface area contributed by atoms with Gasteiger partial charge in [-0.1, -0.05) is 0 Å². The first kappa shape index (κ1) is 17.5. The van der Waals surface area contributed by atoms with E-state index in [1.165, 1.54) is 14.2 Å². The molecular weight excluding hydrogens is 308 g/mol. The van der Waals surface area contributed by atoms with Crippen molar-refractivity contribution in [3.63, 3.8) is 0 Å². The lowest BCUT2D eigenvalue weighted by Crippen LogP contribution is -2.74. The molecule has 3 rings (SSSR count). The molecule has 23 heavy (non-hydrogen) atoms. The summed E-state index contributed by atoms with van der Waals surface area (Å²) in [5, 5.41) is 10.3. The normalized spacial score (nSPS) is 52.6. The fourth-order valence-electron chi connectivity index (χ4n) is 3.28.